The summed E-state index contributed by atoms with van der Waals surface area (Å²) in [4.78, 5) is 22.8. The highest BCUT2D eigenvalue weighted by Crippen LogP contribution is 1.95. The highest BCUT2D eigenvalue weighted by molar-refractivity contribution is 5.76. The van der Waals surface area contributed by atoms with Crippen molar-refractivity contribution >= 4 is 11.6 Å². The van der Waals surface area contributed by atoms with Crippen molar-refractivity contribution in [2.75, 3.05) is 12.3 Å². The molecule has 88 valence electrons. The van der Waals surface area contributed by atoms with Crippen molar-refractivity contribution in [2.45, 2.75) is 19.5 Å². The van der Waals surface area contributed by atoms with Gasteiger partial charge in [0.05, 0.1) is 6.61 Å². The number of hydrogen-bond donors (Lipinski definition) is 3. The average molecular weight is 225 g/mol. The van der Waals surface area contributed by atoms with Crippen molar-refractivity contribution in [1.82, 2.24) is 9.88 Å². The SMILES string of the molecule is CC(CO)NC(=O)Cn1cc(N)ccc1=O. The fourth-order valence-electron chi connectivity index (χ4n) is 1.19. The van der Waals surface area contributed by atoms with E-state index in [9.17, 15) is 9.59 Å². The molecule has 0 aliphatic rings. The maximum atomic E-state index is 11.4. The highest BCUT2D eigenvalue weighted by Gasteiger charge is 2.07. The lowest BCUT2D eigenvalue weighted by atomic mass is 10.3. The summed E-state index contributed by atoms with van der Waals surface area (Å²) in [5, 5.41) is 11.3. The van der Waals surface area contributed by atoms with Gasteiger partial charge < -0.3 is 20.7 Å². The van der Waals surface area contributed by atoms with E-state index >= 15 is 0 Å². The molecule has 1 rings (SSSR count). The van der Waals surface area contributed by atoms with Crippen LogP contribution < -0.4 is 16.6 Å². The molecule has 0 saturated heterocycles. The number of nitrogens with one attached hydrogen (secondary N) is 1. The lowest BCUT2D eigenvalue weighted by Crippen LogP contribution is -2.38. The van der Waals surface area contributed by atoms with Crippen molar-refractivity contribution in [3.63, 3.8) is 0 Å². The molecule has 0 radical (unpaired) electrons. The lowest BCUT2D eigenvalue weighted by molar-refractivity contribution is -0.122. The van der Waals surface area contributed by atoms with Crippen LogP contribution >= 0.6 is 0 Å². The van der Waals surface area contributed by atoms with Crippen LogP contribution in [0.5, 0.6) is 0 Å². The van der Waals surface area contributed by atoms with Crippen molar-refractivity contribution in [3.05, 3.63) is 28.7 Å². The summed E-state index contributed by atoms with van der Waals surface area (Å²) < 4.78 is 1.22. The average Bonchev–Trinajstić information content (AvgIpc) is 2.23. The van der Waals surface area contributed by atoms with Crippen molar-refractivity contribution in [1.29, 1.82) is 0 Å². The molecule has 4 N–H and O–H groups in total. The Kier molecular flexibility index (Phi) is 4.07. The number of carbonyl (C=O) groups is 1. The number of amides is 1. The third-order valence-corrected chi connectivity index (χ3v) is 2.00. The maximum absolute atomic E-state index is 11.4. The third-order valence-electron chi connectivity index (χ3n) is 2.00. The van der Waals surface area contributed by atoms with E-state index in [4.69, 9.17) is 10.8 Å². The summed E-state index contributed by atoms with van der Waals surface area (Å²) in [5.41, 5.74) is 5.63. The number of aromatic nitrogens is 1. The second kappa shape index (κ2) is 5.32. The van der Waals surface area contributed by atoms with Crippen LogP contribution in [0.1, 0.15) is 6.92 Å². The number of aliphatic hydroxyl groups excluding tert-OH is 1. The number of hydrogen-bond acceptors (Lipinski definition) is 4. The zero-order chi connectivity index (χ0) is 12.1. The molecule has 6 nitrogen and oxygen atoms in total. The Labute approximate surface area is 92.7 Å². The third kappa shape index (κ3) is 3.39. The first-order valence-corrected chi connectivity index (χ1v) is 4.89. The molecule has 0 saturated carbocycles. The topological polar surface area (TPSA) is 97.3 Å². The second-order valence-electron chi connectivity index (χ2n) is 3.58. The number of nitrogens with two attached hydrogens (primary N) is 1. The molecule has 1 unspecified atom stereocenters. The normalized spacial score (nSPS) is 12.1. The highest BCUT2D eigenvalue weighted by atomic mass is 16.3. The van der Waals surface area contributed by atoms with E-state index in [2.05, 4.69) is 5.32 Å². The summed E-state index contributed by atoms with van der Waals surface area (Å²) in [6.45, 7) is 1.42. The monoisotopic (exact) mass is 225 g/mol. The lowest BCUT2D eigenvalue weighted by Gasteiger charge is -2.11. The molecule has 16 heavy (non-hydrogen) atoms. The molecule has 6 heteroatoms. The minimum absolute atomic E-state index is 0.103. The Morgan fingerprint density at radius 3 is 2.94 bits per heavy atom. The number of nitrogen functional groups attached to an aromatic ring is 1. The van der Waals surface area contributed by atoms with Gasteiger partial charge in [-0.3, -0.25) is 9.59 Å². The number of rotatable bonds is 4. The van der Waals surface area contributed by atoms with Gasteiger partial charge in [-0.15, -0.1) is 0 Å². The molecule has 0 bridgehead atoms. The fraction of sp³-hybridized carbons (Fsp3) is 0.400. The molecule has 0 aromatic carbocycles. The largest absolute Gasteiger partial charge is 0.398 e. The molecule has 1 aromatic rings. The van der Waals surface area contributed by atoms with Crippen LogP contribution in [0.3, 0.4) is 0 Å². The van der Waals surface area contributed by atoms with E-state index in [0.29, 0.717) is 5.69 Å². The maximum Gasteiger partial charge on any atom is 0.251 e. The van der Waals surface area contributed by atoms with E-state index in [0.717, 1.165) is 0 Å². The van der Waals surface area contributed by atoms with Gasteiger partial charge in [-0.25, -0.2) is 0 Å². The second-order valence-corrected chi connectivity index (χ2v) is 3.58. The first-order chi connectivity index (χ1) is 7.52. The molecule has 0 fully saturated rings. The summed E-state index contributed by atoms with van der Waals surface area (Å²) in [7, 11) is 0. The Bertz CT molecular complexity index is 428. The van der Waals surface area contributed by atoms with Crippen LogP contribution in [0, 0.1) is 0 Å². The number of anilines is 1. The van der Waals surface area contributed by atoms with Crippen molar-refractivity contribution < 1.29 is 9.90 Å². The van der Waals surface area contributed by atoms with Gasteiger partial charge in [0, 0.05) is 24.0 Å². The Morgan fingerprint density at radius 2 is 2.31 bits per heavy atom. The predicted octanol–water partition coefficient (Wildman–Crippen LogP) is -1.07. The van der Waals surface area contributed by atoms with E-state index in [1.54, 1.807) is 6.92 Å². The van der Waals surface area contributed by atoms with Crippen LogP contribution in [0.15, 0.2) is 23.1 Å². The summed E-state index contributed by atoms with van der Waals surface area (Å²) >= 11 is 0. The van der Waals surface area contributed by atoms with Gasteiger partial charge >= 0.3 is 0 Å². The molecule has 0 aliphatic heterocycles. The smallest absolute Gasteiger partial charge is 0.251 e. The Morgan fingerprint density at radius 1 is 1.62 bits per heavy atom. The predicted molar refractivity (Wildman–Crippen MR) is 59.8 cm³/mol. The summed E-state index contributed by atoms with van der Waals surface area (Å²) in [6.07, 6.45) is 1.41. The van der Waals surface area contributed by atoms with Gasteiger partial charge in [-0.1, -0.05) is 0 Å². The molecule has 1 atom stereocenters. The van der Waals surface area contributed by atoms with Crippen LogP contribution in [0.2, 0.25) is 0 Å². The van der Waals surface area contributed by atoms with Gasteiger partial charge in [0.2, 0.25) is 5.91 Å². The van der Waals surface area contributed by atoms with Crippen molar-refractivity contribution in [3.8, 4) is 0 Å². The minimum atomic E-state index is -0.339. The van der Waals surface area contributed by atoms with Gasteiger partial charge in [0.15, 0.2) is 0 Å². The number of nitrogens with zero attached hydrogens (tertiary/aromatic N) is 1. The van der Waals surface area contributed by atoms with Gasteiger partial charge in [0.1, 0.15) is 6.54 Å². The van der Waals surface area contributed by atoms with Gasteiger partial charge in [0.25, 0.3) is 5.56 Å². The fourth-order valence-corrected chi connectivity index (χ4v) is 1.19. The number of carbonyl (C=O) groups excluding carboxylic acids is 1. The summed E-state index contributed by atoms with van der Waals surface area (Å²) in [6, 6.07) is 2.45. The number of pyridine rings is 1. The minimum Gasteiger partial charge on any atom is -0.398 e. The molecule has 0 spiro atoms. The zero-order valence-electron chi connectivity index (χ0n) is 9.01. The Balaban J connectivity index is 2.69. The molecule has 1 heterocycles. The van der Waals surface area contributed by atoms with Gasteiger partial charge in [-0.2, -0.15) is 0 Å². The zero-order valence-corrected chi connectivity index (χ0v) is 9.01. The van der Waals surface area contributed by atoms with Crippen LogP contribution in [-0.4, -0.2) is 28.2 Å². The molecule has 0 aliphatic carbocycles. The number of aliphatic hydroxyl groups is 1. The van der Waals surface area contributed by atoms with E-state index < -0.39 is 0 Å². The standard InChI is InChI=1S/C10H15N3O3/c1-7(6-14)12-9(15)5-13-4-8(11)2-3-10(13)16/h2-4,7,14H,5-6,11H2,1H3,(H,12,15). The van der Waals surface area contributed by atoms with Crippen LogP contribution in [0.4, 0.5) is 5.69 Å². The van der Waals surface area contributed by atoms with E-state index in [1.807, 2.05) is 0 Å². The molecule has 1 amide bonds. The van der Waals surface area contributed by atoms with E-state index in [1.165, 1.54) is 22.9 Å². The molecular weight excluding hydrogens is 210 g/mol. The van der Waals surface area contributed by atoms with Gasteiger partial charge in [-0.05, 0) is 13.0 Å². The first-order valence-electron chi connectivity index (χ1n) is 4.89. The van der Waals surface area contributed by atoms with Crippen molar-refractivity contribution in [2.24, 2.45) is 0 Å². The molecule has 1 aromatic heterocycles. The van der Waals surface area contributed by atoms with Crippen LogP contribution in [-0.2, 0) is 11.3 Å². The van der Waals surface area contributed by atoms with Crippen LogP contribution in [0.25, 0.3) is 0 Å². The molecular formula is C10H15N3O3. The first kappa shape index (κ1) is 12.3. The Hall–Kier alpha value is -1.82. The summed E-state index contributed by atoms with van der Waals surface area (Å²) in [5.74, 6) is -0.339. The quantitative estimate of drug-likeness (QED) is 0.607. The van der Waals surface area contributed by atoms with E-state index in [-0.39, 0.29) is 30.7 Å².